The Morgan fingerprint density at radius 2 is 1.95 bits per heavy atom. The molecule has 6 heteroatoms. The lowest BCUT2D eigenvalue weighted by atomic mass is 10.0. The lowest BCUT2D eigenvalue weighted by Gasteiger charge is -2.07. The number of hydrogen-bond acceptors (Lipinski definition) is 3. The zero-order chi connectivity index (χ0) is 14.9. The van der Waals surface area contributed by atoms with Gasteiger partial charge in [-0.1, -0.05) is 0 Å². The van der Waals surface area contributed by atoms with Gasteiger partial charge in [-0.15, -0.1) is 0 Å². The fourth-order valence-corrected chi connectivity index (χ4v) is 1.74. The molecule has 1 aromatic heterocycles. The molecule has 0 fully saturated rings. The molecule has 0 spiro atoms. The first kappa shape index (κ1) is 13.8. The van der Waals surface area contributed by atoms with Crippen molar-refractivity contribution in [2.24, 2.45) is 0 Å². The number of amides is 1. The van der Waals surface area contributed by atoms with Crippen LogP contribution >= 0.6 is 0 Å². The van der Waals surface area contributed by atoms with E-state index in [4.69, 9.17) is 0 Å². The second kappa shape index (κ2) is 5.16. The van der Waals surface area contributed by atoms with E-state index >= 15 is 0 Å². The Labute approximate surface area is 114 Å². The topological polar surface area (TPSA) is 73.4 Å². The van der Waals surface area contributed by atoms with Crippen LogP contribution < -0.4 is 0 Å². The average Bonchev–Trinajstić information content (AvgIpc) is 2.89. The van der Waals surface area contributed by atoms with E-state index in [1.54, 1.807) is 14.1 Å². The molecular formula is C14H13FN2O3. The summed E-state index contributed by atoms with van der Waals surface area (Å²) in [5.41, 5.74) is 0.276. The van der Waals surface area contributed by atoms with E-state index in [0.29, 0.717) is 0 Å². The first-order valence-electron chi connectivity index (χ1n) is 5.83. The summed E-state index contributed by atoms with van der Waals surface area (Å²) in [7, 11) is 3.17. The number of phenolic OH excluding ortho intramolecular Hbond substituents is 1. The molecule has 5 nitrogen and oxygen atoms in total. The highest BCUT2D eigenvalue weighted by Gasteiger charge is 2.18. The minimum absolute atomic E-state index is 0.146. The van der Waals surface area contributed by atoms with E-state index in [1.165, 1.54) is 17.2 Å². The minimum atomic E-state index is -0.619. The molecule has 0 atom stereocenters. The van der Waals surface area contributed by atoms with Gasteiger partial charge in [-0.2, -0.15) is 0 Å². The third-order valence-corrected chi connectivity index (χ3v) is 2.79. The zero-order valence-electron chi connectivity index (χ0n) is 11.0. The number of carbonyl (C=O) groups is 2. The van der Waals surface area contributed by atoms with E-state index in [2.05, 4.69) is 4.98 Å². The molecule has 0 aliphatic rings. The number of halogens is 1. The second-order valence-electron chi connectivity index (χ2n) is 4.49. The molecule has 104 valence electrons. The number of aromatic nitrogens is 1. The summed E-state index contributed by atoms with van der Waals surface area (Å²) in [6.07, 6.45) is 1.35. The van der Waals surface area contributed by atoms with Gasteiger partial charge in [0.2, 0.25) is 0 Å². The van der Waals surface area contributed by atoms with Crippen LogP contribution in [0.15, 0.2) is 30.5 Å². The Balaban J connectivity index is 2.35. The van der Waals surface area contributed by atoms with Crippen molar-refractivity contribution in [2.75, 3.05) is 14.1 Å². The van der Waals surface area contributed by atoms with Crippen molar-refractivity contribution in [3.05, 3.63) is 53.1 Å². The van der Waals surface area contributed by atoms with Crippen LogP contribution in [0, 0.1) is 5.82 Å². The van der Waals surface area contributed by atoms with Gasteiger partial charge in [0, 0.05) is 25.9 Å². The molecule has 2 rings (SSSR count). The van der Waals surface area contributed by atoms with Gasteiger partial charge in [0.05, 0.1) is 5.56 Å². The summed E-state index contributed by atoms with van der Waals surface area (Å²) >= 11 is 0. The highest BCUT2D eigenvalue weighted by Crippen LogP contribution is 2.22. The highest BCUT2D eigenvalue weighted by atomic mass is 19.1. The van der Waals surface area contributed by atoms with Crippen molar-refractivity contribution < 1.29 is 19.1 Å². The number of hydrogen-bond donors (Lipinski definition) is 2. The normalized spacial score (nSPS) is 10.3. The number of rotatable bonds is 3. The maximum atomic E-state index is 13.1. The Morgan fingerprint density at radius 3 is 2.60 bits per heavy atom. The van der Waals surface area contributed by atoms with Crippen LogP contribution in [0.4, 0.5) is 4.39 Å². The molecule has 20 heavy (non-hydrogen) atoms. The van der Waals surface area contributed by atoms with Crippen molar-refractivity contribution in [3.8, 4) is 5.75 Å². The lowest BCUT2D eigenvalue weighted by molar-refractivity contribution is 0.0822. The molecule has 0 radical (unpaired) electrons. The zero-order valence-corrected chi connectivity index (χ0v) is 11.0. The van der Waals surface area contributed by atoms with Gasteiger partial charge in [0.25, 0.3) is 5.91 Å². The quantitative estimate of drug-likeness (QED) is 0.839. The molecule has 0 bridgehead atoms. The van der Waals surface area contributed by atoms with Gasteiger partial charge in [-0.3, -0.25) is 9.59 Å². The van der Waals surface area contributed by atoms with Crippen LogP contribution in [0.5, 0.6) is 5.75 Å². The van der Waals surface area contributed by atoms with Crippen LogP contribution in [0.1, 0.15) is 26.4 Å². The molecular weight excluding hydrogens is 263 g/mol. The van der Waals surface area contributed by atoms with E-state index < -0.39 is 11.6 Å². The molecule has 1 aromatic carbocycles. The Morgan fingerprint density at radius 1 is 1.25 bits per heavy atom. The minimum Gasteiger partial charge on any atom is -0.507 e. The SMILES string of the molecule is CN(C)C(=O)c1cc(C(=O)c2cc(F)ccc2O)c[nH]1. The Kier molecular flexibility index (Phi) is 3.56. The van der Waals surface area contributed by atoms with Gasteiger partial charge < -0.3 is 15.0 Å². The summed E-state index contributed by atoms with van der Waals surface area (Å²) < 4.78 is 13.1. The van der Waals surface area contributed by atoms with Gasteiger partial charge >= 0.3 is 0 Å². The van der Waals surface area contributed by atoms with Gasteiger partial charge in [-0.05, 0) is 24.3 Å². The lowest BCUT2D eigenvalue weighted by Crippen LogP contribution is -2.21. The molecule has 2 N–H and O–H groups in total. The van der Waals surface area contributed by atoms with Crippen LogP contribution in [-0.2, 0) is 0 Å². The molecule has 0 aliphatic carbocycles. The van der Waals surface area contributed by atoms with Gasteiger partial charge in [-0.25, -0.2) is 4.39 Å². The molecule has 0 saturated carbocycles. The maximum absolute atomic E-state index is 13.1. The number of nitrogens with zero attached hydrogens (tertiary/aromatic N) is 1. The van der Waals surface area contributed by atoms with Crippen molar-refractivity contribution >= 4 is 11.7 Å². The third-order valence-electron chi connectivity index (χ3n) is 2.79. The predicted octanol–water partition coefficient (Wildman–Crippen LogP) is 1.79. The third kappa shape index (κ3) is 2.54. The number of carbonyl (C=O) groups excluding carboxylic acids is 2. The van der Waals surface area contributed by atoms with Crippen LogP contribution in [0.3, 0.4) is 0 Å². The fraction of sp³-hybridized carbons (Fsp3) is 0.143. The van der Waals surface area contributed by atoms with Crippen molar-refractivity contribution in [3.63, 3.8) is 0 Å². The number of phenols is 1. The number of nitrogens with one attached hydrogen (secondary N) is 1. The summed E-state index contributed by atoms with van der Waals surface area (Å²) in [6.45, 7) is 0. The highest BCUT2D eigenvalue weighted by molar-refractivity contribution is 6.11. The summed E-state index contributed by atoms with van der Waals surface area (Å²) in [4.78, 5) is 27.9. The standard InChI is InChI=1S/C14H13FN2O3/c1-17(2)14(20)11-5-8(7-16-11)13(19)10-6-9(15)3-4-12(10)18/h3-7,16,18H,1-2H3. The van der Waals surface area contributed by atoms with Crippen molar-refractivity contribution in [1.29, 1.82) is 0 Å². The molecule has 0 unspecified atom stereocenters. The van der Waals surface area contributed by atoms with E-state index in [9.17, 15) is 19.1 Å². The Bertz CT molecular complexity index is 677. The smallest absolute Gasteiger partial charge is 0.269 e. The molecule has 0 aliphatic heterocycles. The van der Waals surface area contributed by atoms with Gasteiger partial charge in [0.15, 0.2) is 5.78 Å². The summed E-state index contributed by atoms with van der Waals surface area (Å²) in [6, 6.07) is 4.50. The van der Waals surface area contributed by atoms with Gasteiger partial charge in [0.1, 0.15) is 17.3 Å². The largest absolute Gasteiger partial charge is 0.507 e. The maximum Gasteiger partial charge on any atom is 0.269 e. The van der Waals surface area contributed by atoms with E-state index in [1.807, 2.05) is 0 Å². The van der Waals surface area contributed by atoms with Crippen LogP contribution in [-0.4, -0.2) is 40.8 Å². The molecule has 2 aromatic rings. The number of aromatic hydroxyl groups is 1. The van der Waals surface area contributed by atoms with E-state index in [-0.39, 0.29) is 28.5 Å². The van der Waals surface area contributed by atoms with Crippen LogP contribution in [0.25, 0.3) is 0 Å². The van der Waals surface area contributed by atoms with Crippen molar-refractivity contribution in [1.82, 2.24) is 9.88 Å². The van der Waals surface area contributed by atoms with E-state index in [0.717, 1.165) is 18.2 Å². The van der Waals surface area contributed by atoms with Crippen molar-refractivity contribution in [2.45, 2.75) is 0 Å². The molecule has 0 saturated heterocycles. The Hall–Kier alpha value is -2.63. The number of benzene rings is 1. The summed E-state index contributed by atoms with van der Waals surface area (Å²) in [5.74, 6) is -1.77. The number of ketones is 1. The van der Waals surface area contributed by atoms with Crippen LogP contribution in [0.2, 0.25) is 0 Å². The fourth-order valence-electron chi connectivity index (χ4n) is 1.74. The molecule has 1 heterocycles. The number of H-pyrrole nitrogens is 1. The second-order valence-corrected chi connectivity index (χ2v) is 4.49. The monoisotopic (exact) mass is 276 g/mol. The molecule has 1 amide bonds. The summed E-state index contributed by atoms with van der Waals surface area (Å²) in [5, 5.41) is 9.60. The first-order chi connectivity index (χ1) is 9.40. The number of aromatic amines is 1. The predicted molar refractivity (Wildman–Crippen MR) is 70.3 cm³/mol. The average molecular weight is 276 g/mol. The first-order valence-corrected chi connectivity index (χ1v) is 5.83.